The molecule has 13 nitrogen and oxygen atoms in total. The summed E-state index contributed by atoms with van der Waals surface area (Å²) < 4.78 is 60.2. The van der Waals surface area contributed by atoms with Crippen molar-refractivity contribution in [3.05, 3.63) is 47.1 Å². The molecule has 1 saturated carbocycles. The number of amides is 3. The number of halogens is 3. The average Bonchev–Trinajstić information content (AvgIpc) is 3.45. The van der Waals surface area contributed by atoms with Crippen LogP contribution in [0.3, 0.4) is 0 Å². The Morgan fingerprint density at radius 2 is 1.62 bits per heavy atom. The number of nitrogens with one attached hydrogen (secondary N) is 1. The molecule has 2 saturated heterocycles. The second-order valence-corrected chi connectivity index (χ2v) is 15.6. The van der Waals surface area contributed by atoms with Gasteiger partial charge in [0.25, 0.3) is 5.92 Å². The van der Waals surface area contributed by atoms with Crippen LogP contribution in [-0.4, -0.2) is 106 Å². The standard InChI is InChI=1S/C33H48ClF2N9O4S/c34-29-19-24(33(35,36)23-3-5-26(6-4-23)40-32(47)43(13-1-11-37)14-2-12-38)20-30(41-29)42-15-17-44(18-16-42)50(48,49)28-9-7-27(8-10-28)45-22-25(39)21-31(45)46/h7-10,19-20,23,25-26H,1-6,11-18,21-22,37-39H2,(H,40,47)/t23?,25-,26?/m1/s1. The molecule has 1 aromatic carbocycles. The number of piperazine rings is 1. The summed E-state index contributed by atoms with van der Waals surface area (Å²) in [5.41, 5.74) is 17.5. The fraction of sp³-hybridized carbons (Fsp3) is 0.606. The lowest BCUT2D eigenvalue weighted by Gasteiger charge is -2.36. The molecule has 0 bridgehead atoms. The van der Waals surface area contributed by atoms with Crippen LogP contribution in [0.1, 0.15) is 50.5 Å². The van der Waals surface area contributed by atoms with E-state index in [1.807, 2.05) is 0 Å². The van der Waals surface area contributed by atoms with Crippen LogP contribution in [0.4, 0.5) is 25.1 Å². The molecular formula is C33H48ClF2N9O4S. The summed E-state index contributed by atoms with van der Waals surface area (Å²) in [5.74, 6) is -3.97. The Morgan fingerprint density at radius 1 is 1.00 bits per heavy atom. The van der Waals surface area contributed by atoms with E-state index in [9.17, 15) is 18.0 Å². The van der Waals surface area contributed by atoms with E-state index in [0.717, 1.165) is 0 Å². The van der Waals surface area contributed by atoms with Gasteiger partial charge >= 0.3 is 6.03 Å². The van der Waals surface area contributed by atoms with Gasteiger partial charge in [-0.15, -0.1) is 0 Å². The van der Waals surface area contributed by atoms with Crippen LogP contribution in [0, 0.1) is 5.92 Å². The van der Waals surface area contributed by atoms with Crippen LogP contribution in [0.25, 0.3) is 0 Å². The van der Waals surface area contributed by atoms with Crippen molar-refractivity contribution >= 4 is 45.1 Å². The quantitative estimate of drug-likeness (QED) is 0.224. The molecule has 3 fully saturated rings. The summed E-state index contributed by atoms with van der Waals surface area (Å²) in [6.45, 7) is 3.03. The van der Waals surface area contributed by atoms with E-state index in [1.165, 1.54) is 28.6 Å². The molecule has 276 valence electrons. The van der Waals surface area contributed by atoms with E-state index >= 15 is 8.78 Å². The van der Waals surface area contributed by atoms with Crippen molar-refractivity contribution in [2.45, 2.75) is 67.8 Å². The molecule has 3 heterocycles. The van der Waals surface area contributed by atoms with E-state index in [-0.39, 0.29) is 90.9 Å². The van der Waals surface area contributed by atoms with Gasteiger partial charge in [0, 0.05) is 81.5 Å². The number of anilines is 2. The van der Waals surface area contributed by atoms with E-state index in [1.54, 1.807) is 26.8 Å². The molecule has 3 aliphatic rings. The van der Waals surface area contributed by atoms with E-state index in [4.69, 9.17) is 28.8 Å². The molecule has 2 aromatic rings. The number of pyridine rings is 1. The van der Waals surface area contributed by atoms with E-state index in [0.29, 0.717) is 64.1 Å². The van der Waals surface area contributed by atoms with Gasteiger partial charge < -0.3 is 37.2 Å². The number of nitrogens with zero attached hydrogens (tertiary/aromatic N) is 5. The lowest BCUT2D eigenvalue weighted by atomic mass is 9.80. The third-order valence-electron chi connectivity index (χ3n) is 9.79. The van der Waals surface area contributed by atoms with Crippen LogP contribution in [-0.2, 0) is 20.7 Å². The summed E-state index contributed by atoms with van der Waals surface area (Å²) in [4.78, 5) is 34.5. The lowest BCUT2D eigenvalue weighted by molar-refractivity contribution is -0.117. The highest BCUT2D eigenvalue weighted by Crippen LogP contribution is 2.45. The Morgan fingerprint density at radius 3 is 2.18 bits per heavy atom. The number of carbonyl (C=O) groups excluding carboxylic acids is 2. The van der Waals surface area contributed by atoms with Crippen LogP contribution >= 0.6 is 11.6 Å². The third-order valence-corrected chi connectivity index (χ3v) is 11.9. The number of alkyl halides is 2. The Labute approximate surface area is 297 Å². The Bertz CT molecular complexity index is 1580. The van der Waals surface area contributed by atoms with Crippen molar-refractivity contribution in [2.24, 2.45) is 23.1 Å². The largest absolute Gasteiger partial charge is 0.354 e. The summed E-state index contributed by atoms with van der Waals surface area (Å²) in [6.07, 6.45) is 2.86. The molecule has 0 spiro atoms. The van der Waals surface area contributed by atoms with Gasteiger partial charge in [0.05, 0.1) is 4.90 Å². The summed E-state index contributed by atoms with van der Waals surface area (Å²) in [5, 5.41) is 2.94. The summed E-state index contributed by atoms with van der Waals surface area (Å²) in [7, 11) is -3.84. The normalized spacial score (nSPS) is 22.2. The molecule has 1 aliphatic carbocycles. The molecule has 17 heteroatoms. The van der Waals surface area contributed by atoms with Crippen molar-refractivity contribution in [3.63, 3.8) is 0 Å². The van der Waals surface area contributed by atoms with Gasteiger partial charge in [-0.05, 0) is 88.0 Å². The molecule has 2 aliphatic heterocycles. The van der Waals surface area contributed by atoms with E-state index in [2.05, 4.69) is 10.3 Å². The number of aromatic nitrogens is 1. The number of benzene rings is 1. The maximum absolute atomic E-state index is 16.0. The van der Waals surface area contributed by atoms with Crippen LogP contribution in [0.5, 0.6) is 0 Å². The van der Waals surface area contributed by atoms with Gasteiger partial charge in [0.15, 0.2) is 0 Å². The number of urea groups is 1. The van der Waals surface area contributed by atoms with E-state index < -0.39 is 21.9 Å². The highest BCUT2D eigenvalue weighted by molar-refractivity contribution is 7.89. The zero-order valence-electron chi connectivity index (χ0n) is 28.2. The first-order valence-electron chi connectivity index (χ1n) is 17.3. The van der Waals surface area contributed by atoms with Gasteiger partial charge in [0.2, 0.25) is 15.9 Å². The van der Waals surface area contributed by atoms with Gasteiger partial charge in [-0.25, -0.2) is 27.0 Å². The maximum atomic E-state index is 16.0. The van der Waals surface area contributed by atoms with Crippen LogP contribution < -0.4 is 32.3 Å². The number of sulfonamides is 1. The molecule has 7 N–H and O–H groups in total. The fourth-order valence-corrected chi connectivity index (χ4v) is 8.53. The Balaban J connectivity index is 1.17. The topological polar surface area (TPSA) is 184 Å². The maximum Gasteiger partial charge on any atom is 0.317 e. The zero-order valence-corrected chi connectivity index (χ0v) is 29.7. The highest BCUT2D eigenvalue weighted by atomic mass is 35.5. The van der Waals surface area contributed by atoms with Crippen LogP contribution in [0.15, 0.2) is 41.3 Å². The van der Waals surface area contributed by atoms with Crippen molar-refractivity contribution < 1.29 is 26.8 Å². The van der Waals surface area contributed by atoms with Gasteiger partial charge in [-0.1, -0.05) is 11.6 Å². The zero-order chi connectivity index (χ0) is 36.1. The highest BCUT2D eigenvalue weighted by Gasteiger charge is 2.44. The molecular weight excluding hydrogens is 692 g/mol. The summed E-state index contributed by atoms with van der Waals surface area (Å²) in [6, 6.07) is 8.01. The predicted molar refractivity (Wildman–Crippen MR) is 189 cm³/mol. The number of nitrogens with two attached hydrogens (primary N) is 3. The second kappa shape index (κ2) is 16.5. The van der Waals surface area contributed by atoms with Crippen molar-refractivity contribution in [1.82, 2.24) is 19.5 Å². The smallest absolute Gasteiger partial charge is 0.317 e. The third kappa shape index (κ3) is 8.83. The van der Waals surface area contributed by atoms with Crippen LogP contribution in [0.2, 0.25) is 5.15 Å². The molecule has 50 heavy (non-hydrogen) atoms. The SMILES string of the molecule is NCCCN(CCCN)C(=O)NC1CCC(C(F)(F)c2cc(Cl)nc(N3CCN(S(=O)(=O)c4ccc(N5C[C@H](N)CC5=O)cc4)CC3)c2)CC1. The first kappa shape index (κ1) is 38.1. The van der Waals surface area contributed by atoms with Crippen molar-refractivity contribution in [3.8, 4) is 0 Å². The number of hydrogen-bond donors (Lipinski definition) is 4. The fourth-order valence-electron chi connectivity index (χ4n) is 6.91. The molecule has 0 radical (unpaired) electrons. The molecule has 3 amide bonds. The molecule has 5 rings (SSSR count). The number of rotatable bonds is 13. The van der Waals surface area contributed by atoms with Crippen molar-refractivity contribution in [1.29, 1.82) is 0 Å². The lowest BCUT2D eigenvalue weighted by Crippen LogP contribution is -2.49. The molecule has 1 aromatic heterocycles. The Kier molecular flexibility index (Phi) is 12.5. The first-order valence-corrected chi connectivity index (χ1v) is 19.1. The predicted octanol–water partition coefficient (Wildman–Crippen LogP) is 2.67. The second-order valence-electron chi connectivity index (χ2n) is 13.3. The van der Waals surface area contributed by atoms with Crippen molar-refractivity contribution in [2.75, 3.05) is 68.7 Å². The summed E-state index contributed by atoms with van der Waals surface area (Å²) >= 11 is 6.28. The van der Waals surface area contributed by atoms with Gasteiger partial charge in [-0.2, -0.15) is 4.31 Å². The average molecular weight is 740 g/mol. The van der Waals surface area contributed by atoms with Gasteiger partial charge in [-0.3, -0.25) is 4.79 Å². The molecule has 1 atom stereocenters. The molecule has 0 unspecified atom stereocenters. The monoisotopic (exact) mass is 739 g/mol. The minimum absolute atomic E-state index is 0.0687. The minimum Gasteiger partial charge on any atom is -0.354 e. The minimum atomic E-state index is -3.84. The number of carbonyl (C=O) groups is 2. The Hall–Kier alpha value is -3.15. The number of hydrogen-bond acceptors (Lipinski definition) is 9. The first-order chi connectivity index (χ1) is 23.8. The van der Waals surface area contributed by atoms with Gasteiger partial charge in [0.1, 0.15) is 11.0 Å².